The lowest BCUT2D eigenvalue weighted by Crippen LogP contribution is -2.41. The number of likely N-dealkylation sites (N-methyl/N-ethyl adjacent to an activating group) is 1. The summed E-state index contributed by atoms with van der Waals surface area (Å²) >= 11 is 0. The first-order valence-corrected chi connectivity index (χ1v) is 7.06. The van der Waals surface area contributed by atoms with E-state index < -0.39 is 0 Å². The van der Waals surface area contributed by atoms with E-state index in [1.54, 1.807) is 6.07 Å². The third-order valence-corrected chi connectivity index (χ3v) is 3.76. The molecule has 1 heterocycles. The van der Waals surface area contributed by atoms with Crippen LogP contribution in [-0.4, -0.2) is 37.3 Å². The van der Waals surface area contributed by atoms with Crippen LogP contribution in [0.1, 0.15) is 41.7 Å². The van der Waals surface area contributed by atoms with Crippen molar-refractivity contribution in [1.82, 2.24) is 10.3 Å². The molecule has 1 aliphatic rings. The average Bonchev–Trinajstić information content (AvgIpc) is 2.53. The molecule has 5 heteroatoms. The van der Waals surface area contributed by atoms with Crippen LogP contribution in [0.5, 0.6) is 0 Å². The Kier molecular flexibility index (Phi) is 5.49. The van der Waals surface area contributed by atoms with Gasteiger partial charge in [-0.15, -0.1) is 0 Å². The molecule has 1 aromatic heterocycles. The molecule has 2 rings (SSSR count). The highest BCUT2D eigenvalue weighted by Gasteiger charge is 2.24. The lowest BCUT2D eigenvalue weighted by atomic mass is 9.92. The maximum Gasteiger partial charge on any atom is 0.339 e. The molecule has 0 amide bonds. The fraction of sp³-hybridized carbons (Fsp3) is 0.600. The van der Waals surface area contributed by atoms with E-state index >= 15 is 0 Å². The average molecular weight is 278 g/mol. The van der Waals surface area contributed by atoms with Gasteiger partial charge in [-0.3, -0.25) is 4.98 Å². The Morgan fingerprint density at radius 2 is 2.20 bits per heavy atom. The van der Waals surface area contributed by atoms with E-state index in [9.17, 15) is 4.79 Å². The van der Waals surface area contributed by atoms with Crippen LogP contribution in [0.3, 0.4) is 0 Å². The molecule has 5 nitrogen and oxygen atoms in total. The second-order valence-corrected chi connectivity index (χ2v) is 5.06. The number of hydrogen-bond acceptors (Lipinski definition) is 5. The molecular weight excluding hydrogens is 256 g/mol. The number of rotatable bonds is 5. The van der Waals surface area contributed by atoms with Gasteiger partial charge in [0.2, 0.25) is 0 Å². The van der Waals surface area contributed by atoms with Crippen molar-refractivity contribution < 1.29 is 14.3 Å². The number of nitrogens with one attached hydrogen (secondary N) is 1. The summed E-state index contributed by atoms with van der Waals surface area (Å²) in [6, 6.07) is 3.95. The molecule has 1 fully saturated rings. The standard InChI is InChI=1S/C15H22N2O3/c1-16-13-5-3-4-6-14(13)20-10-12-8-7-11(9-17-12)15(18)19-2/h7-9,13-14,16H,3-6,10H2,1-2H3. The van der Waals surface area contributed by atoms with E-state index in [2.05, 4.69) is 15.0 Å². The van der Waals surface area contributed by atoms with Crippen molar-refractivity contribution in [3.63, 3.8) is 0 Å². The topological polar surface area (TPSA) is 60.5 Å². The Bertz CT molecular complexity index is 433. The molecule has 110 valence electrons. The first-order valence-electron chi connectivity index (χ1n) is 7.06. The van der Waals surface area contributed by atoms with Gasteiger partial charge in [-0.25, -0.2) is 4.79 Å². The zero-order valence-corrected chi connectivity index (χ0v) is 12.1. The number of methoxy groups -OCH3 is 1. The van der Waals surface area contributed by atoms with Gasteiger partial charge in [-0.1, -0.05) is 12.8 Å². The molecular formula is C15H22N2O3. The Labute approximate surface area is 119 Å². The maximum atomic E-state index is 11.3. The van der Waals surface area contributed by atoms with Crippen LogP contribution in [0.2, 0.25) is 0 Å². The molecule has 20 heavy (non-hydrogen) atoms. The van der Waals surface area contributed by atoms with Crippen molar-refractivity contribution in [3.8, 4) is 0 Å². The van der Waals surface area contributed by atoms with E-state index in [0.717, 1.165) is 18.5 Å². The van der Waals surface area contributed by atoms with E-state index in [4.69, 9.17) is 4.74 Å². The van der Waals surface area contributed by atoms with Gasteiger partial charge in [-0.2, -0.15) is 0 Å². The number of esters is 1. The zero-order valence-electron chi connectivity index (χ0n) is 12.1. The molecule has 0 spiro atoms. The summed E-state index contributed by atoms with van der Waals surface area (Å²) in [4.78, 5) is 15.5. The quantitative estimate of drug-likeness (QED) is 0.834. The van der Waals surface area contributed by atoms with Gasteiger partial charge in [0.05, 0.1) is 31.1 Å². The Morgan fingerprint density at radius 3 is 2.85 bits per heavy atom. The molecule has 0 aliphatic heterocycles. The molecule has 2 atom stereocenters. The highest BCUT2D eigenvalue weighted by Crippen LogP contribution is 2.21. The van der Waals surface area contributed by atoms with Crippen molar-refractivity contribution in [2.45, 2.75) is 44.4 Å². The van der Waals surface area contributed by atoms with Crippen molar-refractivity contribution in [2.75, 3.05) is 14.2 Å². The molecule has 0 saturated heterocycles. The lowest BCUT2D eigenvalue weighted by molar-refractivity contribution is -0.00502. The molecule has 1 N–H and O–H groups in total. The first kappa shape index (κ1) is 14.9. The van der Waals surface area contributed by atoms with E-state index in [0.29, 0.717) is 18.2 Å². The van der Waals surface area contributed by atoms with Crippen LogP contribution in [0.25, 0.3) is 0 Å². The lowest BCUT2D eigenvalue weighted by Gasteiger charge is -2.31. The predicted octanol–water partition coefficient (Wildman–Crippen LogP) is 1.92. The first-order chi connectivity index (χ1) is 9.74. The van der Waals surface area contributed by atoms with Gasteiger partial charge in [0.25, 0.3) is 0 Å². The summed E-state index contributed by atoms with van der Waals surface area (Å²) in [5.74, 6) is -0.368. The van der Waals surface area contributed by atoms with Crippen LogP contribution in [0.4, 0.5) is 0 Å². The summed E-state index contributed by atoms with van der Waals surface area (Å²) in [5, 5.41) is 3.32. The minimum Gasteiger partial charge on any atom is -0.465 e. The zero-order chi connectivity index (χ0) is 14.4. The second-order valence-electron chi connectivity index (χ2n) is 5.06. The number of aromatic nitrogens is 1. The summed E-state index contributed by atoms with van der Waals surface area (Å²) < 4.78 is 10.6. The largest absolute Gasteiger partial charge is 0.465 e. The molecule has 0 radical (unpaired) electrons. The highest BCUT2D eigenvalue weighted by atomic mass is 16.5. The normalized spacial score (nSPS) is 22.5. The number of carbonyl (C=O) groups is 1. The highest BCUT2D eigenvalue weighted by molar-refractivity contribution is 5.88. The number of nitrogens with zero attached hydrogens (tertiary/aromatic N) is 1. The fourth-order valence-corrected chi connectivity index (χ4v) is 2.57. The van der Waals surface area contributed by atoms with Crippen molar-refractivity contribution in [2.24, 2.45) is 0 Å². The molecule has 1 saturated carbocycles. The van der Waals surface area contributed by atoms with Crippen LogP contribution in [0, 0.1) is 0 Å². The van der Waals surface area contributed by atoms with Gasteiger partial charge < -0.3 is 14.8 Å². The Morgan fingerprint density at radius 1 is 1.40 bits per heavy atom. The predicted molar refractivity (Wildman–Crippen MR) is 75.5 cm³/mol. The fourth-order valence-electron chi connectivity index (χ4n) is 2.57. The number of pyridine rings is 1. The molecule has 0 aromatic carbocycles. The summed E-state index contributed by atoms with van der Waals surface area (Å²) in [6.45, 7) is 0.476. The monoisotopic (exact) mass is 278 g/mol. The summed E-state index contributed by atoms with van der Waals surface area (Å²) in [7, 11) is 3.34. The molecule has 1 aliphatic carbocycles. The summed E-state index contributed by atoms with van der Waals surface area (Å²) in [5.41, 5.74) is 1.29. The summed E-state index contributed by atoms with van der Waals surface area (Å²) in [6.07, 6.45) is 6.51. The molecule has 1 aromatic rings. The number of ether oxygens (including phenoxy) is 2. The Hall–Kier alpha value is -1.46. The van der Waals surface area contributed by atoms with Crippen molar-refractivity contribution in [1.29, 1.82) is 0 Å². The van der Waals surface area contributed by atoms with Gasteiger partial charge in [0.15, 0.2) is 0 Å². The van der Waals surface area contributed by atoms with Gasteiger partial charge in [0.1, 0.15) is 0 Å². The smallest absolute Gasteiger partial charge is 0.339 e. The number of carbonyl (C=O) groups excluding carboxylic acids is 1. The minimum atomic E-state index is -0.368. The Balaban J connectivity index is 1.88. The SMILES string of the molecule is CNC1CCCCC1OCc1ccc(C(=O)OC)cn1. The van der Waals surface area contributed by atoms with Crippen molar-refractivity contribution >= 4 is 5.97 Å². The van der Waals surface area contributed by atoms with Crippen LogP contribution in [-0.2, 0) is 16.1 Å². The van der Waals surface area contributed by atoms with Crippen LogP contribution >= 0.6 is 0 Å². The van der Waals surface area contributed by atoms with Crippen LogP contribution in [0.15, 0.2) is 18.3 Å². The van der Waals surface area contributed by atoms with E-state index in [-0.39, 0.29) is 12.1 Å². The third-order valence-electron chi connectivity index (χ3n) is 3.76. The number of hydrogen-bond donors (Lipinski definition) is 1. The van der Waals surface area contributed by atoms with Crippen LogP contribution < -0.4 is 5.32 Å². The third kappa shape index (κ3) is 3.77. The molecule has 2 unspecified atom stereocenters. The van der Waals surface area contributed by atoms with Gasteiger partial charge >= 0.3 is 5.97 Å². The maximum absolute atomic E-state index is 11.3. The minimum absolute atomic E-state index is 0.246. The van der Waals surface area contributed by atoms with Gasteiger partial charge in [-0.05, 0) is 32.0 Å². The van der Waals surface area contributed by atoms with E-state index in [1.165, 1.54) is 26.1 Å². The van der Waals surface area contributed by atoms with E-state index in [1.807, 2.05) is 13.1 Å². The van der Waals surface area contributed by atoms with Crippen molar-refractivity contribution in [3.05, 3.63) is 29.6 Å². The second kappa shape index (κ2) is 7.36. The molecule has 0 bridgehead atoms. The van der Waals surface area contributed by atoms with Gasteiger partial charge in [0, 0.05) is 12.2 Å².